The molecule has 2 heterocycles. The summed E-state index contributed by atoms with van der Waals surface area (Å²) < 4.78 is 18.6. The van der Waals surface area contributed by atoms with Gasteiger partial charge in [-0.3, -0.25) is 0 Å². The lowest BCUT2D eigenvalue weighted by atomic mass is 10.1. The van der Waals surface area contributed by atoms with Crippen LogP contribution in [-0.4, -0.2) is 15.1 Å². The highest BCUT2D eigenvalue weighted by Crippen LogP contribution is 2.21. The molecule has 0 fully saturated rings. The van der Waals surface area contributed by atoms with E-state index in [9.17, 15) is 4.39 Å². The molecular weight excluding hydrogens is 257 g/mol. The van der Waals surface area contributed by atoms with Crippen molar-refractivity contribution in [1.29, 1.82) is 0 Å². The van der Waals surface area contributed by atoms with Gasteiger partial charge in [0.1, 0.15) is 5.82 Å². The number of H-pyrrole nitrogens is 1. The number of fused-ring (bicyclic) bond motifs is 1. The first-order valence-corrected chi connectivity index (χ1v) is 6.69. The number of aromatic nitrogens is 3. The molecule has 0 radical (unpaired) electrons. The third-order valence-electron chi connectivity index (χ3n) is 3.17. The summed E-state index contributed by atoms with van der Waals surface area (Å²) in [7, 11) is 0. The number of nitrogens with zero attached hydrogens (tertiary/aromatic N) is 2. The van der Waals surface area contributed by atoms with Crippen molar-refractivity contribution in [1.82, 2.24) is 15.1 Å². The molecule has 104 valence electrons. The molecule has 3 rings (SSSR count). The van der Waals surface area contributed by atoms with Crippen molar-refractivity contribution in [2.24, 2.45) is 5.92 Å². The Balaban J connectivity index is 1.85. The van der Waals surface area contributed by atoms with Gasteiger partial charge in [-0.05, 0) is 29.7 Å². The zero-order valence-electron chi connectivity index (χ0n) is 11.5. The summed E-state index contributed by atoms with van der Waals surface area (Å²) >= 11 is 0. The summed E-state index contributed by atoms with van der Waals surface area (Å²) in [6, 6.07) is 4.69. The maximum absolute atomic E-state index is 13.3. The lowest BCUT2D eigenvalue weighted by molar-refractivity contribution is 0.377. The number of rotatable bonds is 4. The number of benzene rings is 1. The van der Waals surface area contributed by atoms with Gasteiger partial charge in [0.15, 0.2) is 5.82 Å². The number of hydrogen-bond donors (Lipinski definition) is 1. The van der Waals surface area contributed by atoms with Gasteiger partial charge in [-0.15, -0.1) is 0 Å². The summed E-state index contributed by atoms with van der Waals surface area (Å²) in [4.78, 5) is 7.49. The second-order valence-corrected chi connectivity index (χ2v) is 5.38. The highest BCUT2D eigenvalue weighted by molar-refractivity contribution is 5.83. The Bertz CT molecular complexity index is 730. The Labute approximate surface area is 116 Å². The molecule has 5 heteroatoms. The summed E-state index contributed by atoms with van der Waals surface area (Å²) in [5.41, 5.74) is 1.86. The minimum atomic E-state index is -0.246. The van der Waals surface area contributed by atoms with Crippen molar-refractivity contribution in [3.63, 3.8) is 0 Å². The van der Waals surface area contributed by atoms with Crippen molar-refractivity contribution >= 4 is 10.9 Å². The molecule has 0 saturated carbocycles. The summed E-state index contributed by atoms with van der Waals surface area (Å²) in [5.74, 6) is 1.53. The molecule has 0 aliphatic carbocycles. The molecule has 0 aliphatic rings. The van der Waals surface area contributed by atoms with E-state index < -0.39 is 0 Å². The average molecular weight is 273 g/mol. The van der Waals surface area contributed by atoms with E-state index >= 15 is 0 Å². The quantitative estimate of drug-likeness (QED) is 0.791. The van der Waals surface area contributed by atoms with Crippen LogP contribution in [0.5, 0.6) is 0 Å². The van der Waals surface area contributed by atoms with E-state index in [1.165, 1.54) is 12.1 Å². The first-order chi connectivity index (χ1) is 9.61. The minimum Gasteiger partial charge on any atom is -0.361 e. The fraction of sp³-hybridized carbons (Fsp3) is 0.333. The molecule has 0 unspecified atom stereocenters. The van der Waals surface area contributed by atoms with E-state index in [0.717, 1.165) is 28.7 Å². The normalized spacial score (nSPS) is 11.6. The topological polar surface area (TPSA) is 54.7 Å². The van der Waals surface area contributed by atoms with Gasteiger partial charge in [-0.1, -0.05) is 19.0 Å². The Hall–Kier alpha value is -2.17. The van der Waals surface area contributed by atoms with Crippen molar-refractivity contribution in [3.05, 3.63) is 47.5 Å². The molecule has 0 spiro atoms. The average Bonchev–Trinajstić information content (AvgIpc) is 2.97. The standard InChI is InChI=1S/C15H16FN3O/c1-9(2)5-14-18-15(20-19-14)6-10-8-17-13-4-3-11(16)7-12(10)13/h3-4,7-9,17H,5-6H2,1-2H3. The van der Waals surface area contributed by atoms with Crippen molar-refractivity contribution in [2.75, 3.05) is 0 Å². The van der Waals surface area contributed by atoms with Gasteiger partial charge in [-0.2, -0.15) is 4.98 Å². The minimum absolute atomic E-state index is 0.246. The highest BCUT2D eigenvalue weighted by atomic mass is 19.1. The summed E-state index contributed by atoms with van der Waals surface area (Å²) in [6.45, 7) is 4.22. The van der Waals surface area contributed by atoms with Crippen LogP contribution in [0.2, 0.25) is 0 Å². The SMILES string of the molecule is CC(C)Cc1noc(Cc2c[nH]c3ccc(F)cc23)n1. The Morgan fingerprint density at radius 2 is 2.20 bits per heavy atom. The highest BCUT2D eigenvalue weighted by Gasteiger charge is 2.12. The van der Waals surface area contributed by atoms with Crippen LogP contribution in [-0.2, 0) is 12.8 Å². The van der Waals surface area contributed by atoms with Gasteiger partial charge in [0.2, 0.25) is 5.89 Å². The van der Waals surface area contributed by atoms with Gasteiger partial charge < -0.3 is 9.51 Å². The molecule has 2 aromatic heterocycles. The van der Waals surface area contributed by atoms with Crippen LogP contribution in [0, 0.1) is 11.7 Å². The van der Waals surface area contributed by atoms with E-state index in [2.05, 4.69) is 29.0 Å². The second-order valence-electron chi connectivity index (χ2n) is 5.38. The van der Waals surface area contributed by atoms with Gasteiger partial charge in [0, 0.05) is 23.5 Å². The summed E-state index contributed by atoms with van der Waals surface area (Å²) in [5, 5.41) is 4.82. The maximum atomic E-state index is 13.3. The van der Waals surface area contributed by atoms with Crippen LogP contribution >= 0.6 is 0 Å². The van der Waals surface area contributed by atoms with E-state index in [1.54, 1.807) is 6.07 Å². The molecule has 20 heavy (non-hydrogen) atoms. The second kappa shape index (κ2) is 5.07. The largest absolute Gasteiger partial charge is 0.361 e. The lowest BCUT2D eigenvalue weighted by Gasteiger charge is -1.96. The van der Waals surface area contributed by atoms with Crippen LogP contribution in [0.1, 0.15) is 31.1 Å². The third-order valence-corrected chi connectivity index (χ3v) is 3.17. The molecule has 0 bridgehead atoms. The monoisotopic (exact) mass is 273 g/mol. The van der Waals surface area contributed by atoms with Crippen molar-refractivity contribution in [3.8, 4) is 0 Å². The predicted octanol–water partition coefficient (Wildman–Crippen LogP) is 3.48. The number of halogens is 1. The van der Waals surface area contributed by atoms with E-state index in [-0.39, 0.29) is 5.82 Å². The lowest BCUT2D eigenvalue weighted by Crippen LogP contribution is -1.96. The van der Waals surface area contributed by atoms with Gasteiger partial charge >= 0.3 is 0 Å². The van der Waals surface area contributed by atoms with Crippen molar-refractivity contribution < 1.29 is 8.91 Å². The molecule has 0 atom stereocenters. The molecule has 4 nitrogen and oxygen atoms in total. The first kappa shape index (κ1) is 12.8. The first-order valence-electron chi connectivity index (χ1n) is 6.69. The van der Waals surface area contributed by atoms with Gasteiger partial charge in [0.25, 0.3) is 0 Å². The number of hydrogen-bond acceptors (Lipinski definition) is 3. The molecule has 3 aromatic rings. The van der Waals surface area contributed by atoms with Crippen LogP contribution in [0.4, 0.5) is 4.39 Å². The number of aromatic amines is 1. The van der Waals surface area contributed by atoms with E-state index in [4.69, 9.17) is 4.52 Å². The molecule has 0 aliphatic heterocycles. The zero-order valence-corrected chi connectivity index (χ0v) is 11.5. The Morgan fingerprint density at radius 1 is 1.35 bits per heavy atom. The fourth-order valence-electron chi connectivity index (χ4n) is 2.27. The van der Waals surface area contributed by atoms with E-state index in [0.29, 0.717) is 18.2 Å². The molecular formula is C15H16FN3O. The Morgan fingerprint density at radius 3 is 3.00 bits per heavy atom. The fourth-order valence-corrected chi connectivity index (χ4v) is 2.27. The number of nitrogens with one attached hydrogen (secondary N) is 1. The molecule has 1 aromatic carbocycles. The smallest absolute Gasteiger partial charge is 0.231 e. The van der Waals surface area contributed by atoms with Gasteiger partial charge in [0.05, 0.1) is 6.42 Å². The predicted molar refractivity (Wildman–Crippen MR) is 73.9 cm³/mol. The zero-order chi connectivity index (χ0) is 14.1. The van der Waals surface area contributed by atoms with Crippen LogP contribution in [0.3, 0.4) is 0 Å². The van der Waals surface area contributed by atoms with Crippen LogP contribution in [0.25, 0.3) is 10.9 Å². The third kappa shape index (κ3) is 2.57. The van der Waals surface area contributed by atoms with E-state index in [1.807, 2.05) is 6.20 Å². The summed E-state index contributed by atoms with van der Waals surface area (Å²) in [6.07, 6.45) is 3.16. The van der Waals surface area contributed by atoms with Crippen LogP contribution in [0.15, 0.2) is 28.9 Å². The van der Waals surface area contributed by atoms with Gasteiger partial charge in [-0.25, -0.2) is 4.39 Å². The maximum Gasteiger partial charge on any atom is 0.231 e. The molecule has 1 N–H and O–H groups in total. The van der Waals surface area contributed by atoms with Crippen molar-refractivity contribution in [2.45, 2.75) is 26.7 Å². The van der Waals surface area contributed by atoms with Crippen LogP contribution < -0.4 is 0 Å². The molecule has 0 saturated heterocycles. The molecule has 0 amide bonds. The Kier molecular flexibility index (Phi) is 3.26.